The van der Waals surface area contributed by atoms with Crippen LogP contribution < -0.4 is 11.5 Å². The Morgan fingerprint density at radius 3 is 2.53 bits per heavy atom. The zero-order chi connectivity index (χ0) is 13.2. The third-order valence-electron chi connectivity index (χ3n) is 2.80. The normalized spacial score (nSPS) is 14.4. The van der Waals surface area contributed by atoms with Crippen LogP contribution in [-0.2, 0) is 10.2 Å². The maximum Gasteiger partial charge on any atom is 0.314 e. The molecule has 0 spiro atoms. The van der Waals surface area contributed by atoms with Crippen molar-refractivity contribution >= 4 is 11.7 Å². The summed E-state index contributed by atoms with van der Waals surface area (Å²) < 4.78 is 26.8. The van der Waals surface area contributed by atoms with E-state index in [1.165, 1.54) is 6.92 Å². The molecule has 0 bridgehead atoms. The monoisotopic (exact) mass is 244 g/mol. The van der Waals surface area contributed by atoms with Gasteiger partial charge in [-0.05, 0) is 32.0 Å². The Bertz CT molecular complexity index is 451. The zero-order valence-electron chi connectivity index (χ0n) is 9.34. The summed E-state index contributed by atoms with van der Waals surface area (Å²) >= 11 is 0. The largest absolute Gasteiger partial charge is 0.481 e. The molecule has 5 N–H and O–H groups in total. The second kappa shape index (κ2) is 4.67. The number of rotatable bonds is 4. The van der Waals surface area contributed by atoms with Gasteiger partial charge in [0.05, 0.1) is 5.41 Å². The van der Waals surface area contributed by atoms with Gasteiger partial charge in [0.15, 0.2) is 11.6 Å². The Balaban J connectivity index is 3.48. The third-order valence-corrected chi connectivity index (χ3v) is 2.80. The van der Waals surface area contributed by atoms with Crippen LogP contribution in [0.1, 0.15) is 18.9 Å². The Morgan fingerprint density at radius 2 is 2.06 bits per heavy atom. The molecule has 1 aromatic carbocycles. The van der Waals surface area contributed by atoms with Crippen LogP contribution in [0.3, 0.4) is 0 Å². The first-order valence-electron chi connectivity index (χ1n) is 5.02. The van der Waals surface area contributed by atoms with Crippen LogP contribution in [0.2, 0.25) is 0 Å². The lowest BCUT2D eigenvalue weighted by Crippen LogP contribution is -2.36. The first kappa shape index (κ1) is 13.4. The first-order chi connectivity index (χ1) is 7.84. The van der Waals surface area contributed by atoms with Crippen LogP contribution in [0.15, 0.2) is 12.1 Å². The summed E-state index contributed by atoms with van der Waals surface area (Å²) in [6, 6.07) is 2.00. The molecular weight excluding hydrogens is 230 g/mol. The van der Waals surface area contributed by atoms with E-state index in [1.54, 1.807) is 0 Å². The van der Waals surface area contributed by atoms with Crippen LogP contribution in [0.4, 0.5) is 14.5 Å². The second-order valence-electron chi connectivity index (χ2n) is 4.00. The minimum absolute atomic E-state index is 0.0260. The van der Waals surface area contributed by atoms with E-state index in [0.29, 0.717) is 0 Å². The molecule has 0 radical (unpaired) electrons. The predicted octanol–water partition coefficient (Wildman–Crippen LogP) is 1.24. The molecule has 0 amide bonds. The van der Waals surface area contributed by atoms with Gasteiger partial charge in [0.25, 0.3) is 0 Å². The minimum Gasteiger partial charge on any atom is -0.481 e. The van der Waals surface area contributed by atoms with Gasteiger partial charge in [-0.2, -0.15) is 0 Å². The fraction of sp³-hybridized carbons (Fsp3) is 0.364. The highest BCUT2D eigenvalue weighted by Gasteiger charge is 2.39. The van der Waals surface area contributed by atoms with Gasteiger partial charge in [0.2, 0.25) is 0 Å². The molecule has 1 rings (SSSR count). The number of halogens is 2. The van der Waals surface area contributed by atoms with Crippen LogP contribution >= 0.6 is 0 Å². The first-order valence-corrected chi connectivity index (χ1v) is 5.02. The number of carboxylic acids is 1. The van der Waals surface area contributed by atoms with E-state index in [0.717, 1.165) is 12.1 Å². The van der Waals surface area contributed by atoms with E-state index < -0.39 is 23.0 Å². The van der Waals surface area contributed by atoms with Gasteiger partial charge in [0.1, 0.15) is 0 Å². The number of anilines is 1. The molecule has 0 saturated carbocycles. The highest BCUT2D eigenvalue weighted by atomic mass is 19.2. The van der Waals surface area contributed by atoms with Crippen LogP contribution in [0, 0.1) is 11.6 Å². The molecule has 6 heteroatoms. The quantitative estimate of drug-likeness (QED) is 0.695. The van der Waals surface area contributed by atoms with Crippen molar-refractivity contribution in [3.8, 4) is 0 Å². The number of aliphatic carboxylic acids is 1. The molecule has 4 nitrogen and oxygen atoms in total. The topological polar surface area (TPSA) is 89.3 Å². The summed E-state index contributed by atoms with van der Waals surface area (Å²) in [6.07, 6.45) is -0.0348. The molecule has 0 aliphatic heterocycles. The number of hydrogen-bond acceptors (Lipinski definition) is 3. The highest BCUT2D eigenvalue weighted by Crippen LogP contribution is 2.35. The number of benzene rings is 1. The molecule has 94 valence electrons. The molecule has 0 fully saturated rings. The Kier molecular flexibility index (Phi) is 3.67. The zero-order valence-corrected chi connectivity index (χ0v) is 9.34. The molecule has 0 heterocycles. The lowest BCUT2D eigenvalue weighted by atomic mass is 9.78. The molecule has 1 atom stereocenters. The average Bonchev–Trinajstić information content (AvgIpc) is 2.24. The van der Waals surface area contributed by atoms with Gasteiger partial charge in [-0.25, -0.2) is 8.78 Å². The van der Waals surface area contributed by atoms with Crippen molar-refractivity contribution in [2.75, 3.05) is 12.3 Å². The predicted molar refractivity (Wildman–Crippen MR) is 59.4 cm³/mol. The Labute approximate surface area is 97.2 Å². The summed E-state index contributed by atoms with van der Waals surface area (Å²) in [5.74, 6) is -3.65. The molecule has 0 aromatic heterocycles. The van der Waals surface area contributed by atoms with Gasteiger partial charge in [-0.3, -0.25) is 4.79 Å². The van der Waals surface area contributed by atoms with Crippen molar-refractivity contribution < 1.29 is 18.7 Å². The summed E-state index contributed by atoms with van der Waals surface area (Å²) in [5, 5.41) is 9.16. The number of nitrogen functional groups attached to an aromatic ring is 1. The van der Waals surface area contributed by atoms with E-state index >= 15 is 0 Å². The summed E-state index contributed by atoms with van der Waals surface area (Å²) in [4.78, 5) is 11.2. The lowest BCUT2D eigenvalue weighted by Gasteiger charge is -2.26. The smallest absolute Gasteiger partial charge is 0.314 e. The minimum atomic E-state index is -1.63. The number of hydrogen-bond donors (Lipinski definition) is 3. The molecule has 0 aliphatic carbocycles. The van der Waals surface area contributed by atoms with E-state index in [-0.39, 0.29) is 24.2 Å². The lowest BCUT2D eigenvalue weighted by molar-refractivity contribution is -0.143. The van der Waals surface area contributed by atoms with E-state index in [9.17, 15) is 13.6 Å². The van der Waals surface area contributed by atoms with Crippen LogP contribution in [0.5, 0.6) is 0 Å². The van der Waals surface area contributed by atoms with Crippen molar-refractivity contribution in [1.29, 1.82) is 0 Å². The summed E-state index contributed by atoms with van der Waals surface area (Å²) in [7, 11) is 0. The highest BCUT2D eigenvalue weighted by molar-refractivity contribution is 5.83. The van der Waals surface area contributed by atoms with Crippen molar-refractivity contribution in [2.45, 2.75) is 18.8 Å². The Morgan fingerprint density at radius 1 is 1.47 bits per heavy atom. The van der Waals surface area contributed by atoms with Gasteiger partial charge >= 0.3 is 5.97 Å². The molecule has 1 aromatic rings. The average molecular weight is 244 g/mol. The van der Waals surface area contributed by atoms with Crippen molar-refractivity contribution in [3.05, 3.63) is 29.3 Å². The van der Waals surface area contributed by atoms with Gasteiger partial charge in [-0.1, -0.05) is 0 Å². The molecule has 1 unspecified atom stereocenters. The van der Waals surface area contributed by atoms with Crippen molar-refractivity contribution in [2.24, 2.45) is 5.73 Å². The molecule has 17 heavy (non-hydrogen) atoms. The summed E-state index contributed by atoms with van der Waals surface area (Å²) in [5.41, 5.74) is 8.76. The fourth-order valence-corrected chi connectivity index (χ4v) is 1.75. The van der Waals surface area contributed by atoms with Crippen molar-refractivity contribution in [1.82, 2.24) is 0 Å². The van der Waals surface area contributed by atoms with Gasteiger partial charge in [0, 0.05) is 11.3 Å². The van der Waals surface area contributed by atoms with Crippen molar-refractivity contribution in [3.63, 3.8) is 0 Å². The standard InChI is InChI=1S/C11H14F2N2O2/c1-11(4-5-14,10(16)17)8-7(15)3-2-6(12)9(8)13/h2-3H,4-5,14-15H2,1H3,(H,16,17). The molecule has 0 aliphatic rings. The second-order valence-corrected chi connectivity index (χ2v) is 4.00. The fourth-order valence-electron chi connectivity index (χ4n) is 1.75. The van der Waals surface area contributed by atoms with Gasteiger partial charge in [-0.15, -0.1) is 0 Å². The van der Waals surface area contributed by atoms with E-state index in [4.69, 9.17) is 16.6 Å². The molecular formula is C11H14F2N2O2. The number of nitrogens with two attached hydrogens (primary N) is 2. The third kappa shape index (κ3) is 2.21. The van der Waals surface area contributed by atoms with Crippen LogP contribution in [-0.4, -0.2) is 17.6 Å². The maximum atomic E-state index is 13.7. The molecule has 0 saturated heterocycles. The SMILES string of the molecule is CC(CCN)(C(=O)O)c1c(N)ccc(F)c1F. The number of carbonyl (C=O) groups is 1. The van der Waals surface area contributed by atoms with E-state index in [1.807, 2.05) is 0 Å². The number of carboxylic acid groups (broad SMARTS) is 1. The summed E-state index contributed by atoms with van der Waals surface area (Å²) in [6.45, 7) is 1.30. The van der Waals surface area contributed by atoms with Crippen LogP contribution in [0.25, 0.3) is 0 Å². The van der Waals surface area contributed by atoms with E-state index in [2.05, 4.69) is 0 Å². The Hall–Kier alpha value is -1.69. The van der Waals surface area contributed by atoms with Gasteiger partial charge < -0.3 is 16.6 Å². The maximum absolute atomic E-state index is 13.7.